The van der Waals surface area contributed by atoms with Crippen LogP contribution in [-0.2, 0) is 4.79 Å². The number of carbonyl (C=O) groups is 1. The van der Waals surface area contributed by atoms with Crippen molar-refractivity contribution in [2.24, 2.45) is 0 Å². The van der Waals surface area contributed by atoms with E-state index in [4.69, 9.17) is 14.1 Å². The lowest BCUT2D eigenvalue weighted by atomic mass is 10.1. The first-order valence-corrected chi connectivity index (χ1v) is 10.1. The van der Waals surface area contributed by atoms with Crippen molar-refractivity contribution in [3.63, 3.8) is 0 Å². The molecule has 0 aliphatic carbocycles. The van der Waals surface area contributed by atoms with E-state index in [1.165, 1.54) is 6.92 Å². The highest BCUT2D eigenvalue weighted by atomic mass is 16.5. The normalized spacial score (nSPS) is 10.8. The van der Waals surface area contributed by atoms with Crippen molar-refractivity contribution in [2.75, 3.05) is 0 Å². The molecule has 2 heterocycles. The van der Waals surface area contributed by atoms with Gasteiger partial charge >= 0.3 is 5.97 Å². The first-order chi connectivity index (χ1) is 15.7. The molecule has 5 aromatic rings. The monoisotopic (exact) mass is 421 g/mol. The molecule has 0 aliphatic rings. The van der Waals surface area contributed by atoms with Gasteiger partial charge in [-0.1, -0.05) is 72.8 Å². The van der Waals surface area contributed by atoms with E-state index in [-0.39, 0.29) is 5.97 Å². The second-order valence-corrected chi connectivity index (χ2v) is 7.21. The number of aromatic amines is 1. The molecule has 5 rings (SSSR count). The van der Waals surface area contributed by atoms with Crippen LogP contribution in [0.2, 0.25) is 0 Å². The molecule has 2 aromatic heterocycles. The maximum atomic E-state index is 11.3. The van der Waals surface area contributed by atoms with E-state index < -0.39 is 0 Å². The van der Waals surface area contributed by atoms with Gasteiger partial charge in [-0.15, -0.1) is 0 Å². The highest BCUT2D eigenvalue weighted by Gasteiger charge is 2.21. The summed E-state index contributed by atoms with van der Waals surface area (Å²) in [4.78, 5) is 16.2. The minimum absolute atomic E-state index is 0.375. The minimum Gasteiger partial charge on any atom is -0.435 e. The van der Waals surface area contributed by atoms with Gasteiger partial charge in [0.15, 0.2) is 5.76 Å². The first-order valence-electron chi connectivity index (χ1n) is 10.1. The fourth-order valence-corrected chi connectivity index (χ4v) is 3.56. The van der Waals surface area contributed by atoms with Gasteiger partial charge in [0.25, 0.3) is 0 Å². The summed E-state index contributed by atoms with van der Waals surface area (Å²) < 4.78 is 11.5. The van der Waals surface area contributed by atoms with Crippen LogP contribution < -0.4 is 4.74 Å². The second-order valence-electron chi connectivity index (χ2n) is 7.21. The van der Waals surface area contributed by atoms with Crippen molar-refractivity contribution in [3.05, 3.63) is 91.1 Å². The lowest BCUT2D eigenvalue weighted by Gasteiger charge is -2.04. The van der Waals surface area contributed by atoms with Crippen molar-refractivity contribution in [3.8, 4) is 51.0 Å². The lowest BCUT2D eigenvalue weighted by Crippen LogP contribution is -2.01. The number of hydrogen-bond acceptors (Lipinski definition) is 5. The molecule has 0 aliphatic heterocycles. The van der Waals surface area contributed by atoms with E-state index in [9.17, 15) is 4.79 Å². The fourth-order valence-electron chi connectivity index (χ4n) is 3.56. The molecule has 0 amide bonds. The van der Waals surface area contributed by atoms with Gasteiger partial charge in [0.2, 0.25) is 5.89 Å². The average Bonchev–Trinajstić information content (AvgIpc) is 3.47. The maximum absolute atomic E-state index is 11.3. The number of ether oxygens (including phenoxy) is 1. The Hall–Kier alpha value is -4.45. The molecule has 0 atom stereocenters. The third-order valence-corrected chi connectivity index (χ3v) is 4.96. The van der Waals surface area contributed by atoms with Crippen LogP contribution in [0.25, 0.3) is 45.3 Å². The van der Waals surface area contributed by atoms with E-state index in [0.717, 1.165) is 28.1 Å². The highest BCUT2D eigenvalue weighted by Crippen LogP contribution is 2.38. The zero-order valence-electron chi connectivity index (χ0n) is 17.3. The van der Waals surface area contributed by atoms with Gasteiger partial charge in [-0.05, 0) is 12.1 Å². The molecule has 156 valence electrons. The molecule has 0 saturated heterocycles. The predicted octanol–water partition coefficient (Wildman–Crippen LogP) is 5.99. The molecule has 0 radical (unpaired) electrons. The van der Waals surface area contributed by atoms with Crippen LogP contribution in [0.4, 0.5) is 0 Å². The zero-order valence-corrected chi connectivity index (χ0v) is 17.3. The molecule has 0 unspecified atom stereocenters. The Bertz CT molecular complexity index is 1310. The predicted molar refractivity (Wildman–Crippen MR) is 122 cm³/mol. The smallest absolute Gasteiger partial charge is 0.308 e. The van der Waals surface area contributed by atoms with E-state index in [2.05, 4.69) is 10.2 Å². The molecule has 0 bridgehead atoms. The van der Waals surface area contributed by atoms with Crippen molar-refractivity contribution < 1.29 is 13.9 Å². The molecule has 0 spiro atoms. The summed E-state index contributed by atoms with van der Waals surface area (Å²) in [6, 6.07) is 27.1. The van der Waals surface area contributed by atoms with Crippen LogP contribution in [0, 0.1) is 0 Å². The quantitative estimate of drug-likeness (QED) is 0.278. The van der Waals surface area contributed by atoms with Crippen LogP contribution in [0.15, 0.2) is 95.5 Å². The Morgan fingerprint density at radius 2 is 1.56 bits per heavy atom. The number of esters is 1. The second kappa shape index (κ2) is 8.35. The molecule has 0 fully saturated rings. The molecular weight excluding hydrogens is 402 g/mol. The summed E-state index contributed by atoms with van der Waals surface area (Å²) in [6.07, 6.45) is 1.68. The number of aromatic nitrogens is 3. The fraction of sp³-hybridized carbons (Fsp3) is 0.0385. The highest BCUT2D eigenvalue weighted by molar-refractivity contribution is 5.83. The van der Waals surface area contributed by atoms with Crippen molar-refractivity contribution >= 4 is 5.97 Å². The standard InChI is InChI=1S/C26H19N3O3/c1-17(30)31-21-14-8-13-20(15-21)23-22(16-27-29-23)26-28-24(18-9-4-2-5-10-18)25(32-26)19-11-6-3-7-12-19/h2-16H,1H3,(H,27,29). The van der Waals surface area contributed by atoms with Crippen LogP contribution in [0.1, 0.15) is 6.92 Å². The molecular formula is C26H19N3O3. The summed E-state index contributed by atoms with van der Waals surface area (Å²) in [5.41, 5.74) is 4.89. The van der Waals surface area contributed by atoms with Gasteiger partial charge < -0.3 is 9.15 Å². The minimum atomic E-state index is -0.375. The van der Waals surface area contributed by atoms with E-state index >= 15 is 0 Å². The molecule has 32 heavy (non-hydrogen) atoms. The van der Waals surface area contributed by atoms with Gasteiger partial charge in [-0.3, -0.25) is 9.89 Å². The van der Waals surface area contributed by atoms with E-state index in [1.807, 2.05) is 72.8 Å². The third kappa shape index (κ3) is 3.81. The SMILES string of the molecule is CC(=O)Oc1cccc(-c2[nH]ncc2-c2nc(-c3ccccc3)c(-c3ccccc3)o2)c1. The third-order valence-electron chi connectivity index (χ3n) is 4.96. The number of nitrogens with zero attached hydrogens (tertiary/aromatic N) is 2. The number of carbonyl (C=O) groups excluding carboxylic acids is 1. The van der Waals surface area contributed by atoms with Crippen LogP contribution in [0.3, 0.4) is 0 Å². The lowest BCUT2D eigenvalue weighted by molar-refractivity contribution is -0.131. The average molecular weight is 421 g/mol. The Morgan fingerprint density at radius 1 is 0.875 bits per heavy atom. The number of benzene rings is 3. The molecule has 6 heteroatoms. The number of rotatable bonds is 5. The largest absolute Gasteiger partial charge is 0.435 e. The van der Waals surface area contributed by atoms with Gasteiger partial charge in [0, 0.05) is 23.6 Å². The van der Waals surface area contributed by atoms with Crippen LogP contribution in [0.5, 0.6) is 5.75 Å². The van der Waals surface area contributed by atoms with Crippen LogP contribution in [-0.4, -0.2) is 21.2 Å². The van der Waals surface area contributed by atoms with Gasteiger partial charge in [-0.25, -0.2) is 4.98 Å². The Kier molecular flexibility index (Phi) is 5.09. The summed E-state index contributed by atoms with van der Waals surface area (Å²) in [7, 11) is 0. The Balaban J connectivity index is 1.63. The number of oxazole rings is 1. The topological polar surface area (TPSA) is 81.0 Å². The number of nitrogens with one attached hydrogen (secondary N) is 1. The summed E-state index contributed by atoms with van der Waals surface area (Å²) in [5.74, 6) is 1.22. The summed E-state index contributed by atoms with van der Waals surface area (Å²) in [6.45, 7) is 1.37. The molecule has 0 saturated carbocycles. The molecule has 3 aromatic carbocycles. The first kappa shape index (κ1) is 19.5. The van der Waals surface area contributed by atoms with Crippen molar-refractivity contribution in [1.29, 1.82) is 0 Å². The van der Waals surface area contributed by atoms with Gasteiger partial charge in [-0.2, -0.15) is 5.10 Å². The van der Waals surface area contributed by atoms with Gasteiger partial charge in [0.1, 0.15) is 11.4 Å². The van der Waals surface area contributed by atoms with Gasteiger partial charge in [0.05, 0.1) is 17.5 Å². The Labute approximate surface area is 184 Å². The summed E-state index contributed by atoms with van der Waals surface area (Å²) in [5, 5.41) is 7.24. The van der Waals surface area contributed by atoms with Crippen molar-refractivity contribution in [2.45, 2.75) is 6.92 Å². The summed E-state index contributed by atoms with van der Waals surface area (Å²) >= 11 is 0. The van der Waals surface area contributed by atoms with E-state index in [1.54, 1.807) is 18.3 Å². The van der Waals surface area contributed by atoms with Crippen molar-refractivity contribution in [1.82, 2.24) is 15.2 Å². The number of H-pyrrole nitrogens is 1. The maximum Gasteiger partial charge on any atom is 0.308 e. The molecule has 1 N–H and O–H groups in total. The number of hydrogen-bond donors (Lipinski definition) is 1. The molecule has 6 nitrogen and oxygen atoms in total. The Morgan fingerprint density at radius 3 is 2.28 bits per heavy atom. The van der Waals surface area contributed by atoms with Crippen LogP contribution >= 0.6 is 0 Å². The zero-order chi connectivity index (χ0) is 21.9. The van der Waals surface area contributed by atoms with E-state index in [0.29, 0.717) is 23.0 Å².